The maximum Gasteiger partial charge on any atom is 0.348 e. The molecule has 10 nitrogen and oxygen atoms in total. The van der Waals surface area contributed by atoms with E-state index in [0.717, 1.165) is 17.1 Å². The van der Waals surface area contributed by atoms with Crippen molar-refractivity contribution in [1.29, 1.82) is 0 Å². The average Bonchev–Trinajstić information content (AvgIpc) is 2.93. The highest BCUT2D eigenvalue weighted by Crippen LogP contribution is 2.12. The molecule has 2 rings (SSSR count). The van der Waals surface area contributed by atoms with Crippen LogP contribution in [0.5, 0.6) is 0 Å². The zero-order valence-corrected chi connectivity index (χ0v) is 12.6. The average molecular weight is 344 g/mol. The van der Waals surface area contributed by atoms with Crippen LogP contribution >= 0.6 is 0 Å². The normalized spacial score (nSPS) is 18.3. The van der Waals surface area contributed by atoms with Crippen molar-refractivity contribution >= 4 is 39.4 Å². The lowest BCUT2D eigenvalue weighted by molar-refractivity contribution is -0.195. The van der Waals surface area contributed by atoms with Crippen molar-refractivity contribution in [1.82, 2.24) is 9.96 Å². The fourth-order valence-electron chi connectivity index (χ4n) is 1.92. The van der Waals surface area contributed by atoms with Gasteiger partial charge in [-0.2, -0.15) is 0 Å². The molecule has 2 aliphatic rings. The standard InChI is InChI=1S/C12H12N2O8S/c15-8-1-2-9(16)13(8)5-6-23(20,21)7-12(19)22-14-10(17)3-4-11(14)18/h1-2H,3-7H2. The molecule has 1 saturated heterocycles. The van der Waals surface area contributed by atoms with E-state index < -0.39 is 57.5 Å². The second-order valence-corrected chi connectivity index (χ2v) is 6.98. The van der Waals surface area contributed by atoms with Crippen LogP contribution in [0.25, 0.3) is 0 Å². The molecule has 23 heavy (non-hydrogen) atoms. The van der Waals surface area contributed by atoms with Crippen LogP contribution < -0.4 is 0 Å². The molecule has 0 atom stereocenters. The highest BCUT2D eigenvalue weighted by molar-refractivity contribution is 7.92. The van der Waals surface area contributed by atoms with Gasteiger partial charge in [0.05, 0.1) is 5.75 Å². The third-order valence-corrected chi connectivity index (χ3v) is 4.54. The Morgan fingerprint density at radius 2 is 1.57 bits per heavy atom. The van der Waals surface area contributed by atoms with Crippen LogP contribution in [-0.2, 0) is 38.6 Å². The van der Waals surface area contributed by atoms with Gasteiger partial charge in [-0.25, -0.2) is 13.2 Å². The number of hydroxylamine groups is 2. The topological polar surface area (TPSA) is 135 Å². The van der Waals surface area contributed by atoms with Crippen molar-refractivity contribution in [3.8, 4) is 0 Å². The predicted molar refractivity (Wildman–Crippen MR) is 71.7 cm³/mol. The van der Waals surface area contributed by atoms with Crippen molar-refractivity contribution < 1.29 is 37.2 Å². The third kappa shape index (κ3) is 4.00. The first kappa shape index (κ1) is 16.8. The summed E-state index contributed by atoms with van der Waals surface area (Å²) >= 11 is 0. The Kier molecular flexibility index (Phi) is 4.59. The fraction of sp³-hybridized carbons (Fsp3) is 0.417. The van der Waals surface area contributed by atoms with Crippen LogP contribution in [0.15, 0.2) is 12.2 Å². The molecule has 0 aromatic rings. The SMILES string of the molecule is O=C(CS(=O)(=O)CCN1C(=O)C=CC1=O)ON1C(=O)CCC1=O. The monoisotopic (exact) mass is 344 g/mol. The number of imide groups is 2. The number of sulfone groups is 1. The first-order valence-corrected chi connectivity index (χ1v) is 8.32. The number of amides is 4. The molecule has 0 bridgehead atoms. The summed E-state index contributed by atoms with van der Waals surface area (Å²) in [5, 5.41) is 0.245. The summed E-state index contributed by atoms with van der Waals surface area (Å²) in [6.07, 6.45) is 1.80. The lowest BCUT2D eigenvalue weighted by atomic mass is 10.4. The van der Waals surface area contributed by atoms with Gasteiger partial charge >= 0.3 is 5.97 Å². The Hall–Kier alpha value is -2.56. The molecule has 1 fully saturated rings. The highest BCUT2D eigenvalue weighted by Gasteiger charge is 2.34. The molecule has 11 heteroatoms. The number of carbonyl (C=O) groups excluding carboxylic acids is 5. The van der Waals surface area contributed by atoms with E-state index in [-0.39, 0.29) is 17.9 Å². The van der Waals surface area contributed by atoms with Crippen molar-refractivity contribution in [2.24, 2.45) is 0 Å². The molecule has 124 valence electrons. The smallest absolute Gasteiger partial charge is 0.329 e. The van der Waals surface area contributed by atoms with Gasteiger partial charge in [-0.1, -0.05) is 0 Å². The van der Waals surface area contributed by atoms with Gasteiger partial charge in [-0.15, -0.1) is 5.06 Å². The number of carbonyl (C=O) groups is 5. The Morgan fingerprint density at radius 3 is 2.09 bits per heavy atom. The maximum absolute atomic E-state index is 11.8. The van der Waals surface area contributed by atoms with Crippen molar-refractivity contribution in [3.63, 3.8) is 0 Å². The molecule has 2 aliphatic heterocycles. The zero-order valence-electron chi connectivity index (χ0n) is 11.8. The number of rotatable bonds is 6. The molecule has 2 heterocycles. The van der Waals surface area contributed by atoms with E-state index in [1.807, 2.05) is 0 Å². The van der Waals surface area contributed by atoms with Crippen LogP contribution in [-0.4, -0.2) is 66.0 Å². The summed E-state index contributed by atoms with van der Waals surface area (Å²) in [6.45, 7) is -0.401. The molecule has 0 aliphatic carbocycles. The second-order valence-electron chi connectivity index (χ2n) is 4.80. The first-order chi connectivity index (χ1) is 10.7. The van der Waals surface area contributed by atoms with E-state index in [1.54, 1.807) is 0 Å². The van der Waals surface area contributed by atoms with E-state index in [0.29, 0.717) is 0 Å². The maximum atomic E-state index is 11.8. The summed E-state index contributed by atoms with van der Waals surface area (Å²) in [5.74, 6) is -5.72. The van der Waals surface area contributed by atoms with Gasteiger partial charge in [-0.3, -0.25) is 24.1 Å². The van der Waals surface area contributed by atoms with Crippen LogP contribution in [0.1, 0.15) is 12.8 Å². The van der Waals surface area contributed by atoms with Crippen LogP contribution in [0.3, 0.4) is 0 Å². The zero-order chi connectivity index (χ0) is 17.2. The van der Waals surface area contributed by atoms with E-state index in [4.69, 9.17) is 0 Å². The molecule has 0 saturated carbocycles. The third-order valence-electron chi connectivity index (χ3n) is 3.06. The number of nitrogens with zero attached hydrogens (tertiary/aromatic N) is 2. The lowest BCUT2D eigenvalue weighted by Crippen LogP contribution is -2.37. The van der Waals surface area contributed by atoms with Gasteiger partial charge in [0.15, 0.2) is 15.6 Å². The fourth-order valence-corrected chi connectivity index (χ4v) is 2.94. The van der Waals surface area contributed by atoms with Crippen LogP contribution in [0.4, 0.5) is 0 Å². The molecule has 0 N–H and O–H groups in total. The number of hydrogen-bond donors (Lipinski definition) is 0. The Labute approximate surface area is 130 Å². The van der Waals surface area contributed by atoms with Crippen molar-refractivity contribution in [2.45, 2.75) is 12.8 Å². The lowest BCUT2D eigenvalue weighted by Gasteiger charge is -2.14. The summed E-state index contributed by atoms with van der Waals surface area (Å²) in [7, 11) is -3.99. The predicted octanol–water partition coefficient (Wildman–Crippen LogP) is -2.07. The Morgan fingerprint density at radius 1 is 1.04 bits per heavy atom. The molecule has 0 aromatic carbocycles. The molecule has 0 aromatic heterocycles. The second kappa shape index (κ2) is 6.28. The van der Waals surface area contributed by atoms with Gasteiger partial charge in [0.25, 0.3) is 23.6 Å². The molecule has 0 unspecified atom stereocenters. The molecule has 4 amide bonds. The summed E-state index contributed by atoms with van der Waals surface area (Å²) in [5.41, 5.74) is 0. The highest BCUT2D eigenvalue weighted by atomic mass is 32.2. The summed E-state index contributed by atoms with van der Waals surface area (Å²) in [6, 6.07) is 0. The van der Waals surface area contributed by atoms with Gasteiger partial charge in [-0.05, 0) is 0 Å². The number of hydrogen-bond acceptors (Lipinski definition) is 8. The van der Waals surface area contributed by atoms with E-state index >= 15 is 0 Å². The van der Waals surface area contributed by atoms with E-state index in [2.05, 4.69) is 4.84 Å². The van der Waals surface area contributed by atoms with Gasteiger partial charge < -0.3 is 4.84 Å². The van der Waals surface area contributed by atoms with Crippen LogP contribution in [0.2, 0.25) is 0 Å². The summed E-state index contributed by atoms with van der Waals surface area (Å²) in [4.78, 5) is 61.7. The van der Waals surface area contributed by atoms with E-state index in [9.17, 15) is 32.4 Å². The molecule has 0 spiro atoms. The van der Waals surface area contributed by atoms with Crippen molar-refractivity contribution in [3.05, 3.63) is 12.2 Å². The van der Waals surface area contributed by atoms with Gasteiger partial charge in [0, 0.05) is 31.5 Å². The first-order valence-electron chi connectivity index (χ1n) is 6.50. The Bertz CT molecular complexity index is 689. The van der Waals surface area contributed by atoms with Crippen LogP contribution in [0, 0.1) is 0 Å². The molecular weight excluding hydrogens is 332 g/mol. The minimum absolute atomic E-state index is 0.106. The largest absolute Gasteiger partial charge is 0.348 e. The van der Waals surface area contributed by atoms with Gasteiger partial charge in [0.2, 0.25) is 0 Å². The van der Waals surface area contributed by atoms with Crippen molar-refractivity contribution in [2.75, 3.05) is 18.1 Å². The van der Waals surface area contributed by atoms with E-state index in [1.165, 1.54) is 0 Å². The quantitative estimate of drug-likeness (QED) is 0.502. The summed E-state index contributed by atoms with van der Waals surface area (Å²) < 4.78 is 23.6. The minimum Gasteiger partial charge on any atom is -0.329 e. The minimum atomic E-state index is -3.99. The molecular formula is C12H12N2O8S. The Balaban J connectivity index is 1.87. The molecule has 0 radical (unpaired) electrons. The van der Waals surface area contributed by atoms with Gasteiger partial charge in [0.1, 0.15) is 0 Å².